The van der Waals surface area contributed by atoms with Crippen molar-refractivity contribution in [2.45, 2.75) is 5.92 Å². The molecule has 0 fully saturated rings. The number of nitrogens with two attached hydrogens (primary N) is 1. The largest absolute Gasteiger partial charge is 0.507 e. The second-order valence-corrected chi connectivity index (χ2v) is 6.84. The molecule has 4 N–H and O–H groups in total. The number of ether oxygens (including phenoxy) is 2. The number of hydrogen-bond donors (Lipinski definition) is 3. The van der Waals surface area contributed by atoms with Gasteiger partial charge in [-0.25, -0.2) is 14.4 Å². The molecular weight excluding hydrogens is 430 g/mol. The van der Waals surface area contributed by atoms with Gasteiger partial charge in [-0.3, -0.25) is 4.90 Å². The minimum absolute atomic E-state index is 0.00349. The fourth-order valence-electron chi connectivity index (χ4n) is 3.62. The van der Waals surface area contributed by atoms with E-state index >= 15 is 0 Å². The Balaban J connectivity index is 2.43. The molecule has 2 aromatic carbocycles. The van der Waals surface area contributed by atoms with Gasteiger partial charge in [-0.1, -0.05) is 30.3 Å². The average Bonchev–Trinajstić information content (AvgIpc) is 2.83. The Bertz CT molecular complexity index is 1240. The molecular formula is C23H19N3O7. The van der Waals surface area contributed by atoms with E-state index < -0.39 is 35.1 Å². The van der Waals surface area contributed by atoms with Gasteiger partial charge >= 0.3 is 17.9 Å². The smallest absolute Gasteiger partial charge is 0.355 e. The third-order valence-electron chi connectivity index (χ3n) is 5.08. The van der Waals surface area contributed by atoms with Crippen LogP contribution in [-0.2, 0) is 19.1 Å². The Morgan fingerprint density at radius 2 is 1.70 bits per heavy atom. The van der Waals surface area contributed by atoms with Gasteiger partial charge < -0.3 is 25.4 Å². The first-order valence-electron chi connectivity index (χ1n) is 9.48. The molecule has 0 radical (unpaired) electrons. The molecule has 2 aromatic rings. The Labute approximate surface area is 188 Å². The van der Waals surface area contributed by atoms with Crippen molar-refractivity contribution < 1.29 is 34.1 Å². The first-order valence-corrected chi connectivity index (χ1v) is 9.48. The minimum Gasteiger partial charge on any atom is -0.507 e. The van der Waals surface area contributed by atoms with E-state index in [-0.39, 0.29) is 28.4 Å². The first kappa shape index (κ1) is 22.9. The zero-order valence-electron chi connectivity index (χ0n) is 17.6. The molecule has 1 heterocycles. The Hall–Kier alpha value is -4.78. The number of aromatic hydroxyl groups is 1. The van der Waals surface area contributed by atoms with Crippen LogP contribution in [-0.4, -0.2) is 42.3 Å². The molecule has 3 rings (SSSR count). The summed E-state index contributed by atoms with van der Waals surface area (Å²) in [6.07, 6.45) is 0. The zero-order chi connectivity index (χ0) is 24.3. The van der Waals surface area contributed by atoms with E-state index in [1.807, 2.05) is 6.07 Å². The van der Waals surface area contributed by atoms with Crippen LogP contribution < -0.4 is 10.6 Å². The predicted octanol–water partition coefficient (Wildman–Crippen LogP) is 1.99. The van der Waals surface area contributed by atoms with E-state index in [1.54, 1.807) is 30.3 Å². The number of methoxy groups -OCH3 is 2. The Kier molecular flexibility index (Phi) is 6.35. The topological polar surface area (TPSA) is 163 Å². The van der Waals surface area contributed by atoms with Crippen LogP contribution in [0.5, 0.6) is 5.75 Å². The molecule has 1 aliphatic heterocycles. The number of nitriles is 1. The van der Waals surface area contributed by atoms with Gasteiger partial charge in [-0.05, 0) is 23.8 Å². The molecule has 0 amide bonds. The maximum Gasteiger partial charge on any atom is 0.355 e. The summed E-state index contributed by atoms with van der Waals surface area (Å²) in [6, 6.07) is 13.9. The summed E-state index contributed by atoms with van der Waals surface area (Å²) in [7, 11) is 2.21. The Morgan fingerprint density at radius 3 is 2.24 bits per heavy atom. The third kappa shape index (κ3) is 3.95. The first-order chi connectivity index (χ1) is 15.8. The molecule has 0 bridgehead atoms. The maximum atomic E-state index is 12.9. The van der Waals surface area contributed by atoms with Crippen molar-refractivity contribution in [2.24, 2.45) is 5.73 Å². The number of carbonyl (C=O) groups is 3. The van der Waals surface area contributed by atoms with E-state index in [0.717, 1.165) is 31.3 Å². The van der Waals surface area contributed by atoms with Crippen molar-refractivity contribution in [1.82, 2.24) is 0 Å². The molecule has 1 unspecified atom stereocenters. The number of anilines is 1. The number of phenols is 1. The van der Waals surface area contributed by atoms with Gasteiger partial charge in [-0.2, -0.15) is 5.26 Å². The van der Waals surface area contributed by atoms with Gasteiger partial charge in [0.05, 0.1) is 37.4 Å². The fraction of sp³-hybridized carbons (Fsp3) is 0.130. The lowest BCUT2D eigenvalue weighted by molar-refractivity contribution is -0.139. The van der Waals surface area contributed by atoms with Gasteiger partial charge in [0.2, 0.25) is 0 Å². The molecule has 0 spiro atoms. The number of allylic oxidation sites excluding steroid dienone is 1. The number of carbonyl (C=O) groups excluding carboxylic acids is 2. The molecule has 10 heteroatoms. The Morgan fingerprint density at radius 1 is 1.06 bits per heavy atom. The summed E-state index contributed by atoms with van der Waals surface area (Å²) in [4.78, 5) is 38.4. The van der Waals surface area contributed by atoms with Gasteiger partial charge in [0.25, 0.3) is 0 Å². The number of nitrogens with zero attached hydrogens (tertiary/aromatic N) is 2. The molecule has 0 saturated heterocycles. The molecule has 33 heavy (non-hydrogen) atoms. The van der Waals surface area contributed by atoms with Gasteiger partial charge in [0.1, 0.15) is 22.8 Å². The van der Waals surface area contributed by atoms with Crippen LogP contribution in [0.4, 0.5) is 5.69 Å². The second kappa shape index (κ2) is 9.15. The highest BCUT2D eigenvalue weighted by molar-refractivity contribution is 6.06. The molecule has 1 atom stereocenters. The van der Waals surface area contributed by atoms with E-state index in [2.05, 4.69) is 0 Å². The number of benzene rings is 2. The van der Waals surface area contributed by atoms with Crippen LogP contribution in [0.15, 0.2) is 71.2 Å². The lowest BCUT2D eigenvalue weighted by Crippen LogP contribution is -2.40. The van der Waals surface area contributed by atoms with Crippen LogP contribution >= 0.6 is 0 Å². The van der Waals surface area contributed by atoms with E-state index in [4.69, 9.17) is 15.2 Å². The quantitative estimate of drug-likeness (QED) is 0.575. The average molecular weight is 449 g/mol. The number of aromatic carboxylic acids is 1. The number of rotatable bonds is 5. The zero-order valence-corrected chi connectivity index (χ0v) is 17.6. The normalized spacial score (nSPS) is 15.7. The molecule has 168 valence electrons. The van der Waals surface area contributed by atoms with Crippen molar-refractivity contribution in [3.05, 3.63) is 82.3 Å². The van der Waals surface area contributed by atoms with Crippen LogP contribution in [0, 0.1) is 11.3 Å². The highest BCUT2D eigenvalue weighted by Gasteiger charge is 2.43. The van der Waals surface area contributed by atoms with Crippen LogP contribution in [0.3, 0.4) is 0 Å². The van der Waals surface area contributed by atoms with Crippen molar-refractivity contribution in [2.75, 3.05) is 19.1 Å². The van der Waals surface area contributed by atoms with Gasteiger partial charge in [-0.15, -0.1) is 0 Å². The van der Waals surface area contributed by atoms with Crippen LogP contribution in [0.25, 0.3) is 0 Å². The standard InChI is InChI=1S/C23H19N3O7/c1-32-22(30)18-17(12-6-4-3-5-7-12)15(11-24)20(25)26(19(18)23(31)33-2)13-8-9-16(27)14(10-13)21(28)29/h3-10,17,27H,25H2,1-2H3,(H,28,29). The third-order valence-corrected chi connectivity index (χ3v) is 5.08. The lowest BCUT2D eigenvalue weighted by atomic mass is 9.81. The van der Waals surface area contributed by atoms with Crippen molar-refractivity contribution in [1.29, 1.82) is 5.26 Å². The molecule has 10 nitrogen and oxygen atoms in total. The summed E-state index contributed by atoms with van der Waals surface area (Å²) < 4.78 is 9.82. The van der Waals surface area contributed by atoms with Gasteiger partial charge in [0.15, 0.2) is 0 Å². The monoisotopic (exact) mass is 449 g/mol. The molecule has 0 saturated carbocycles. The van der Waals surface area contributed by atoms with Crippen molar-refractivity contribution >= 4 is 23.6 Å². The predicted molar refractivity (Wildman–Crippen MR) is 115 cm³/mol. The second-order valence-electron chi connectivity index (χ2n) is 6.84. The number of esters is 2. The summed E-state index contributed by atoms with van der Waals surface area (Å²) in [5, 5.41) is 29.2. The SMILES string of the molecule is COC(=O)C1=C(C(=O)OC)N(c2ccc(O)c(C(=O)O)c2)C(N)=C(C#N)C1c1ccccc1. The maximum absolute atomic E-state index is 12.9. The van der Waals surface area contributed by atoms with E-state index in [9.17, 15) is 29.9 Å². The minimum atomic E-state index is -1.44. The summed E-state index contributed by atoms with van der Waals surface area (Å²) in [5.74, 6) is -5.11. The number of carboxylic acids is 1. The molecule has 0 aliphatic carbocycles. The van der Waals surface area contributed by atoms with E-state index in [1.165, 1.54) is 6.07 Å². The summed E-state index contributed by atoms with van der Waals surface area (Å²) >= 11 is 0. The summed E-state index contributed by atoms with van der Waals surface area (Å²) in [6.45, 7) is 0. The van der Waals surface area contributed by atoms with Crippen LogP contribution in [0.1, 0.15) is 21.8 Å². The van der Waals surface area contributed by atoms with Crippen molar-refractivity contribution in [3.8, 4) is 11.8 Å². The highest BCUT2D eigenvalue weighted by Crippen LogP contribution is 2.43. The summed E-state index contributed by atoms with van der Waals surface area (Å²) in [5.41, 5.74) is 5.71. The van der Waals surface area contributed by atoms with E-state index in [0.29, 0.717) is 5.56 Å². The molecule has 0 aromatic heterocycles. The number of hydrogen-bond acceptors (Lipinski definition) is 9. The van der Waals surface area contributed by atoms with Gasteiger partial charge in [0, 0.05) is 5.69 Å². The van der Waals surface area contributed by atoms with Crippen LogP contribution in [0.2, 0.25) is 0 Å². The van der Waals surface area contributed by atoms with Crippen molar-refractivity contribution in [3.63, 3.8) is 0 Å². The fourth-order valence-corrected chi connectivity index (χ4v) is 3.62. The highest BCUT2D eigenvalue weighted by atomic mass is 16.5. The lowest BCUT2D eigenvalue weighted by Gasteiger charge is -2.36. The number of carboxylic acid groups (broad SMARTS) is 1. The molecule has 1 aliphatic rings.